The molecule has 0 unspecified atom stereocenters. The highest BCUT2D eigenvalue weighted by Gasteiger charge is 2.09. The molecule has 0 radical (unpaired) electrons. The number of aromatic nitrogens is 2. The largest absolute Gasteiger partial charge is 0.464 e. The summed E-state index contributed by atoms with van der Waals surface area (Å²) in [4.78, 5) is 0. The van der Waals surface area contributed by atoms with E-state index in [0.717, 1.165) is 30.3 Å². The van der Waals surface area contributed by atoms with Gasteiger partial charge in [0, 0.05) is 18.3 Å². The molecule has 0 fully saturated rings. The minimum Gasteiger partial charge on any atom is -0.464 e. The number of hydrogen-bond donors (Lipinski definition) is 1. The summed E-state index contributed by atoms with van der Waals surface area (Å²) in [6.45, 7) is 10.7. The van der Waals surface area contributed by atoms with Crippen LogP contribution in [0.4, 0.5) is 0 Å². The van der Waals surface area contributed by atoms with Crippen molar-refractivity contribution in [1.29, 1.82) is 0 Å². The molecule has 0 saturated carbocycles. The first-order valence-electron chi connectivity index (χ1n) is 6.94. The van der Waals surface area contributed by atoms with Crippen LogP contribution >= 0.6 is 11.6 Å². The molecule has 5 heteroatoms. The third-order valence-corrected chi connectivity index (χ3v) is 3.52. The van der Waals surface area contributed by atoms with Crippen LogP contribution < -0.4 is 5.32 Å². The second-order valence-corrected chi connectivity index (χ2v) is 5.99. The molecular formula is C15H22ClN3O. The Morgan fingerprint density at radius 3 is 2.75 bits per heavy atom. The molecule has 0 saturated heterocycles. The Bertz CT molecular complexity index is 552. The lowest BCUT2D eigenvalue weighted by Gasteiger charge is -2.05. The number of hydrogen-bond acceptors (Lipinski definition) is 3. The smallest absolute Gasteiger partial charge is 0.125 e. The number of nitrogens with zero attached hydrogens (tertiary/aromatic N) is 2. The van der Waals surface area contributed by atoms with Crippen molar-refractivity contribution in [3.05, 3.63) is 40.1 Å². The fourth-order valence-electron chi connectivity index (χ4n) is 2.07. The molecule has 4 nitrogen and oxygen atoms in total. The molecule has 2 aromatic rings. The number of nitrogens with one attached hydrogen (secondary N) is 1. The molecule has 0 bridgehead atoms. The molecule has 1 N–H and O–H groups in total. The van der Waals surface area contributed by atoms with Gasteiger partial charge in [-0.1, -0.05) is 25.4 Å². The summed E-state index contributed by atoms with van der Waals surface area (Å²) in [5.41, 5.74) is 2.05. The first-order valence-corrected chi connectivity index (χ1v) is 7.32. The molecule has 0 aliphatic carbocycles. The van der Waals surface area contributed by atoms with Gasteiger partial charge in [0.2, 0.25) is 0 Å². The normalized spacial score (nSPS) is 11.5. The van der Waals surface area contributed by atoms with Crippen molar-refractivity contribution in [3.63, 3.8) is 0 Å². The van der Waals surface area contributed by atoms with Crippen LogP contribution in [0.5, 0.6) is 0 Å². The topological polar surface area (TPSA) is 43.0 Å². The Hall–Kier alpha value is -1.26. The molecule has 2 aromatic heterocycles. The summed E-state index contributed by atoms with van der Waals surface area (Å²) in [6, 6.07) is 2.09. The zero-order valence-corrected chi connectivity index (χ0v) is 13.3. The third-order valence-electron chi connectivity index (χ3n) is 3.14. The average molecular weight is 296 g/mol. The van der Waals surface area contributed by atoms with Crippen molar-refractivity contribution in [2.75, 3.05) is 6.54 Å². The summed E-state index contributed by atoms with van der Waals surface area (Å²) < 4.78 is 7.59. The second-order valence-electron chi connectivity index (χ2n) is 5.58. The van der Waals surface area contributed by atoms with Crippen molar-refractivity contribution in [2.45, 2.75) is 40.8 Å². The van der Waals surface area contributed by atoms with Crippen LogP contribution in [0.15, 0.2) is 16.7 Å². The number of halogens is 1. The highest BCUT2D eigenvalue weighted by Crippen LogP contribution is 2.18. The van der Waals surface area contributed by atoms with Crippen LogP contribution in [0.3, 0.4) is 0 Å². The van der Waals surface area contributed by atoms with Crippen LogP contribution in [0.1, 0.15) is 36.6 Å². The lowest BCUT2D eigenvalue weighted by atomic mass is 10.2. The second kappa shape index (κ2) is 6.46. The van der Waals surface area contributed by atoms with E-state index in [9.17, 15) is 0 Å². The summed E-state index contributed by atoms with van der Waals surface area (Å²) in [6.07, 6.45) is 1.82. The average Bonchev–Trinajstić information content (AvgIpc) is 2.83. The van der Waals surface area contributed by atoms with Crippen molar-refractivity contribution >= 4 is 11.6 Å². The van der Waals surface area contributed by atoms with Gasteiger partial charge < -0.3 is 9.73 Å². The SMILES string of the molecule is Cc1nn(Cc2cc(CNCC(C)C)c(C)o2)cc1Cl. The highest BCUT2D eigenvalue weighted by molar-refractivity contribution is 6.31. The number of furan rings is 1. The first-order chi connectivity index (χ1) is 9.45. The molecule has 110 valence electrons. The lowest BCUT2D eigenvalue weighted by Crippen LogP contribution is -2.18. The van der Waals surface area contributed by atoms with E-state index in [0.29, 0.717) is 17.5 Å². The van der Waals surface area contributed by atoms with Gasteiger partial charge in [-0.3, -0.25) is 4.68 Å². The molecule has 0 aliphatic rings. The van der Waals surface area contributed by atoms with E-state index in [2.05, 4.69) is 30.3 Å². The lowest BCUT2D eigenvalue weighted by molar-refractivity contribution is 0.455. The number of aryl methyl sites for hydroxylation is 2. The van der Waals surface area contributed by atoms with Crippen LogP contribution in [0, 0.1) is 19.8 Å². The zero-order valence-electron chi connectivity index (χ0n) is 12.5. The van der Waals surface area contributed by atoms with Gasteiger partial charge in [0.15, 0.2) is 0 Å². The van der Waals surface area contributed by atoms with Gasteiger partial charge in [-0.15, -0.1) is 0 Å². The summed E-state index contributed by atoms with van der Waals surface area (Å²) in [7, 11) is 0. The van der Waals surface area contributed by atoms with Crippen molar-refractivity contribution in [1.82, 2.24) is 15.1 Å². The van der Waals surface area contributed by atoms with Crippen LogP contribution in [-0.4, -0.2) is 16.3 Å². The van der Waals surface area contributed by atoms with Crippen LogP contribution in [0.25, 0.3) is 0 Å². The first kappa shape index (κ1) is 15.1. The van der Waals surface area contributed by atoms with Crippen molar-refractivity contribution in [2.24, 2.45) is 5.92 Å². The molecule has 2 heterocycles. The molecule has 0 spiro atoms. The molecule has 0 aliphatic heterocycles. The Morgan fingerprint density at radius 1 is 1.40 bits per heavy atom. The van der Waals surface area contributed by atoms with E-state index in [-0.39, 0.29) is 0 Å². The fraction of sp³-hybridized carbons (Fsp3) is 0.533. The van der Waals surface area contributed by atoms with E-state index in [4.69, 9.17) is 16.0 Å². The molecule has 20 heavy (non-hydrogen) atoms. The minimum absolute atomic E-state index is 0.610. The predicted octanol–water partition coefficient (Wildman–Crippen LogP) is 3.54. The van der Waals surface area contributed by atoms with Gasteiger partial charge >= 0.3 is 0 Å². The maximum atomic E-state index is 6.01. The maximum absolute atomic E-state index is 6.01. The maximum Gasteiger partial charge on any atom is 0.125 e. The van der Waals surface area contributed by atoms with Crippen LogP contribution in [-0.2, 0) is 13.1 Å². The van der Waals surface area contributed by atoms with Crippen LogP contribution in [0.2, 0.25) is 5.02 Å². The van der Waals surface area contributed by atoms with E-state index >= 15 is 0 Å². The summed E-state index contributed by atoms with van der Waals surface area (Å²) in [5, 5.41) is 8.45. The monoisotopic (exact) mass is 295 g/mol. The van der Waals surface area contributed by atoms with Gasteiger partial charge in [0.05, 0.1) is 17.3 Å². The van der Waals surface area contributed by atoms with Crippen molar-refractivity contribution < 1.29 is 4.42 Å². The van der Waals surface area contributed by atoms with E-state index < -0.39 is 0 Å². The quantitative estimate of drug-likeness (QED) is 0.886. The zero-order chi connectivity index (χ0) is 14.7. The van der Waals surface area contributed by atoms with Gasteiger partial charge in [-0.2, -0.15) is 5.10 Å². The Morgan fingerprint density at radius 2 is 2.15 bits per heavy atom. The van der Waals surface area contributed by atoms with Gasteiger partial charge in [0.1, 0.15) is 11.5 Å². The predicted molar refractivity (Wildman–Crippen MR) is 81.1 cm³/mol. The summed E-state index contributed by atoms with van der Waals surface area (Å²) in [5.74, 6) is 2.52. The molecule has 0 amide bonds. The van der Waals surface area contributed by atoms with Gasteiger partial charge in [-0.25, -0.2) is 0 Å². The Kier molecular flexibility index (Phi) is 4.89. The third kappa shape index (κ3) is 3.87. The molecular weight excluding hydrogens is 274 g/mol. The highest BCUT2D eigenvalue weighted by atomic mass is 35.5. The molecule has 0 aromatic carbocycles. The van der Waals surface area contributed by atoms with Crippen molar-refractivity contribution in [3.8, 4) is 0 Å². The Labute approximate surface area is 125 Å². The standard InChI is InChI=1S/C15H22ClN3O/c1-10(2)6-17-7-13-5-14(20-12(13)4)8-19-9-15(16)11(3)18-19/h5,9-10,17H,6-8H2,1-4H3. The summed E-state index contributed by atoms with van der Waals surface area (Å²) >= 11 is 6.01. The van der Waals surface area contributed by atoms with E-state index in [1.807, 2.05) is 20.0 Å². The fourth-order valence-corrected chi connectivity index (χ4v) is 2.22. The molecule has 0 atom stereocenters. The van der Waals surface area contributed by atoms with Gasteiger partial charge in [-0.05, 0) is 32.4 Å². The van der Waals surface area contributed by atoms with E-state index in [1.165, 1.54) is 5.56 Å². The Balaban J connectivity index is 1.99. The van der Waals surface area contributed by atoms with Gasteiger partial charge in [0.25, 0.3) is 0 Å². The molecule has 2 rings (SSSR count). The number of rotatable bonds is 6. The minimum atomic E-state index is 0.610. The van der Waals surface area contributed by atoms with E-state index in [1.54, 1.807) is 4.68 Å².